The van der Waals surface area contributed by atoms with Crippen LogP contribution in [-0.2, 0) is 0 Å². The molecule has 1 heterocycles. The Kier molecular flexibility index (Phi) is 3.11. The van der Waals surface area contributed by atoms with E-state index in [0.29, 0.717) is 0 Å². The molecule has 0 fully saturated rings. The van der Waals surface area contributed by atoms with E-state index in [-0.39, 0.29) is 11.9 Å². The first-order valence-electron chi connectivity index (χ1n) is 2.86. The van der Waals surface area contributed by atoms with E-state index in [4.69, 9.17) is 5.11 Å². The van der Waals surface area contributed by atoms with Crippen molar-refractivity contribution in [2.45, 2.75) is 16.5 Å². The third kappa shape index (κ3) is 2.24. The molecule has 1 rings (SSSR count). The molecule has 1 aromatic rings. The third-order valence-electron chi connectivity index (χ3n) is 0.899. The van der Waals surface area contributed by atoms with Gasteiger partial charge in [0.1, 0.15) is 5.51 Å². The largest absolute Gasteiger partial charge is 0.395 e. The maximum Gasteiger partial charge on any atom is 0.174 e. The number of rotatable bonds is 3. The van der Waals surface area contributed by atoms with Crippen molar-refractivity contribution in [1.29, 1.82) is 0 Å². The Morgan fingerprint density at radius 3 is 3.20 bits per heavy atom. The Morgan fingerprint density at radius 2 is 2.70 bits per heavy atom. The molecule has 0 aromatic carbocycles. The molecule has 1 aromatic heterocycles. The Labute approximate surface area is 67.5 Å². The molecule has 10 heavy (non-hydrogen) atoms. The summed E-state index contributed by atoms with van der Waals surface area (Å²) in [6.07, 6.45) is 0. The minimum Gasteiger partial charge on any atom is -0.395 e. The van der Waals surface area contributed by atoms with Gasteiger partial charge in [0, 0.05) is 5.25 Å². The molecule has 5 heteroatoms. The van der Waals surface area contributed by atoms with Crippen LogP contribution in [-0.4, -0.2) is 27.2 Å². The number of aliphatic hydroxyl groups is 1. The highest BCUT2D eigenvalue weighted by atomic mass is 32.2. The molecule has 0 radical (unpaired) electrons. The summed E-state index contributed by atoms with van der Waals surface area (Å²) in [6, 6.07) is 0. The summed E-state index contributed by atoms with van der Waals surface area (Å²) in [6.45, 7) is 2.14. The van der Waals surface area contributed by atoms with Gasteiger partial charge in [0.15, 0.2) is 4.34 Å². The molecule has 0 aliphatic carbocycles. The van der Waals surface area contributed by atoms with Gasteiger partial charge in [-0.2, -0.15) is 0 Å². The Morgan fingerprint density at radius 1 is 1.90 bits per heavy atom. The summed E-state index contributed by atoms with van der Waals surface area (Å²) in [5.74, 6) is 0. The van der Waals surface area contributed by atoms with Gasteiger partial charge in [0.25, 0.3) is 0 Å². The fraction of sp³-hybridized carbons (Fsp3) is 0.600. The van der Waals surface area contributed by atoms with E-state index < -0.39 is 0 Å². The molecule has 0 aliphatic heterocycles. The molecule has 0 saturated heterocycles. The molecule has 0 spiro atoms. The molecule has 0 bridgehead atoms. The molecular weight excluding hydrogens is 168 g/mol. The summed E-state index contributed by atoms with van der Waals surface area (Å²) in [4.78, 5) is 0. The van der Waals surface area contributed by atoms with Gasteiger partial charge in [-0.1, -0.05) is 30.0 Å². The minimum atomic E-state index is 0.185. The zero-order chi connectivity index (χ0) is 7.40. The highest BCUT2D eigenvalue weighted by Gasteiger charge is 2.04. The minimum absolute atomic E-state index is 0.185. The first kappa shape index (κ1) is 7.97. The van der Waals surface area contributed by atoms with Crippen LogP contribution in [0.1, 0.15) is 6.92 Å². The highest BCUT2D eigenvalue weighted by Crippen LogP contribution is 2.23. The van der Waals surface area contributed by atoms with Crippen LogP contribution >= 0.6 is 23.1 Å². The molecule has 56 valence electrons. The monoisotopic (exact) mass is 176 g/mol. The Hall–Kier alpha value is -0.130. The van der Waals surface area contributed by atoms with Gasteiger partial charge in [-0.3, -0.25) is 0 Å². The summed E-state index contributed by atoms with van der Waals surface area (Å²) < 4.78 is 0.918. The van der Waals surface area contributed by atoms with Crippen molar-refractivity contribution >= 4 is 23.1 Å². The topological polar surface area (TPSA) is 46.0 Å². The Balaban J connectivity index is 2.40. The van der Waals surface area contributed by atoms with Gasteiger partial charge in [-0.15, -0.1) is 10.2 Å². The number of aliphatic hydroxyl groups excluding tert-OH is 1. The van der Waals surface area contributed by atoms with Gasteiger partial charge in [0.2, 0.25) is 0 Å². The van der Waals surface area contributed by atoms with Gasteiger partial charge in [-0.25, -0.2) is 0 Å². The van der Waals surface area contributed by atoms with Crippen LogP contribution < -0.4 is 0 Å². The van der Waals surface area contributed by atoms with E-state index >= 15 is 0 Å². The quantitative estimate of drug-likeness (QED) is 0.698. The summed E-state index contributed by atoms with van der Waals surface area (Å²) in [5, 5.41) is 16.4. The fourth-order valence-corrected chi connectivity index (χ4v) is 2.06. The van der Waals surface area contributed by atoms with E-state index in [1.54, 1.807) is 17.3 Å². The average molecular weight is 176 g/mol. The lowest BCUT2D eigenvalue weighted by Crippen LogP contribution is -2.00. The second-order valence-corrected chi connectivity index (χ2v) is 4.33. The molecule has 1 N–H and O–H groups in total. The van der Waals surface area contributed by atoms with Crippen LogP contribution in [0, 0.1) is 0 Å². The molecule has 0 amide bonds. The van der Waals surface area contributed by atoms with Crippen molar-refractivity contribution in [3.63, 3.8) is 0 Å². The maximum absolute atomic E-state index is 8.67. The normalized spacial score (nSPS) is 13.4. The lowest BCUT2D eigenvalue weighted by molar-refractivity contribution is 0.300. The van der Waals surface area contributed by atoms with Gasteiger partial charge < -0.3 is 5.11 Å². The fourth-order valence-electron chi connectivity index (χ4n) is 0.424. The standard InChI is InChI=1S/C5H8N2OS2/c1-4(2-8)10-5-7-6-3-9-5/h3-4,8H,2H2,1H3. The molecule has 0 saturated carbocycles. The van der Waals surface area contributed by atoms with Gasteiger partial charge in [0.05, 0.1) is 6.61 Å². The zero-order valence-electron chi connectivity index (χ0n) is 5.52. The lowest BCUT2D eigenvalue weighted by Gasteiger charge is -2.01. The smallest absolute Gasteiger partial charge is 0.174 e. The number of hydrogen-bond donors (Lipinski definition) is 1. The van der Waals surface area contributed by atoms with Crippen molar-refractivity contribution in [2.75, 3.05) is 6.61 Å². The van der Waals surface area contributed by atoms with Gasteiger partial charge in [-0.05, 0) is 0 Å². The molecule has 1 atom stereocenters. The van der Waals surface area contributed by atoms with Crippen LogP contribution in [0.3, 0.4) is 0 Å². The van der Waals surface area contributed by atoms with E-state index in [1.165, 1.54) is 11.3 Å². The summed E-state index contributed by atoms with van der Waals surface area (Å²) >= 11 is 3.04. The SMILES string of the molecule is CC(CO)Sc1nncs1. The number of hydrogen-bond acceptors (Lipinski definition) is 5. The third-order valence-corrected chi connectivity index (χ3v) is 2.79. The maximum atomic E-state index is 8.67. The van der Waals surface area contributed by atoms with Gasteiger partial charge >= 0.3 is 0 Å². The second kappa shape index (κ2) is 3.90. The summed E-state index contributed by atoms with van der Waals surface area (Å²) in [5.41, 5.74) is 1.69. The highest BCUT2D eigenvalue weighted by molar-refractivity contribution is 8.01. The predicted molar refractivity (Wildman–Crippen MR) is 42.3 cm³/mol. The first-order chi connectivity index (χ1) is 4.83. The van der Waals surface area contributed by atoms with Crippen molar-refractivity contribution in [2.24, 2.45) is 0 Å². The Bertz CT molecular complexity index is 178. The molecule has 3 nitrogen and oxygen atoms in total. The summed E-state index contributed by atoms with van der Waals surface area (Å²) in [7, 11) is 0. The van der Waals surface area contributed by atoms with Crippen LogP contribution in [0.15, 0.2) is 9.85 Å². The molecular formula is C5H8N2OS2. The average Bonchev–Trinajstić information content (AvgIpc) is 2.40. The second-order valence-electron chi connectivity index (χ2n) is 1.82. The van der Waals surface area contributed by atoms with Crippen molar-refractivity contribution in [3.05, 3.63) is 5.51 Å². The number of nitrogens with zero attached hydrogens (tertiary/aromatic N) is 2. The van der Waals surface area contributed by atoms with Crippen molar-refractivity contribution in [1.82, 2.24) is 10.2 Å². The lowest BCUT2D eigenvalue weighted by atomic mass is 10.5. The zero-order valence-corrected chi connectivity index (χ0v) is 7.15. The van der Waals surface area contributed by atoms with Crippen LogP contribution in [0.2, 0.25) is 0 Å². The number of thioether (sulfide) groups is 1. The van der Waals surface area contributed by atoms with Crippen molar-refractivity contribution < 1.29 is 5.11 Å². The predicted octanol–water partition coefficient (Wildman–Crippen LogP) is 1.01. The van der Waals surface area contributed by atoms with Crippen molar-refractivity contribution in [3.8, 4) is 0 Å². The van der Waals surface area contributed by atoms with E-state index in [0.717, 1.165) is 4.34 Å². The molecule has 1 unspecified atom stereocenters. The first-order valence-corrected chi connectivity index (χ1v) is 4.62. The van der Waals surface area contributed by atoms with Crippen LogP contribution in [0.25, 0.3) is 0 Å². The number of aromatic nitrogens is 2. The van der Waals surface area contributed by atoms with E-state index in [1.807, 2.05) is 6.92 Å². The molecule has 0 aliphatic rings. The van der Waals surface area contributed by atoms with E-state index in [2.05, 4.69) is 10.2 Å². The van der Waals surface area contributed by atoms with Crippen LogP contribution in [0.4, 0.5) is 0 Å². The van der Waals surface area contributed by atoms with Crippen LogP contribution in [0.5, 0.6) is 0 Å². The van der Waals surface area contributed by atoms with E-state index in [9.17, 15) is 0 Å².